The van der Waals surface area contributed by atoms with Crippen LogP contribution in [0.2, 0.25) is 11.6 Å². The molecule has 0 bridgehead atoms. The molecular weight excluding hydrogens is 650 g/mol. The number of para-hydroxylation sites is 2. The number of aromatic carboxylic acids is 2. The van der Waals surface area contributed by atoms with Crippen LogP contribution < -0.4 is 9.31 Å². The molecule has 1 aromatic heterocycles. The summed E-state index contributed by atoms with van der Waals surface area (Å²) in [4.78, 5) is 47.7. The summed E-state index contributed by atoms with van der Waals surface area (Å²) in [6, 6.07) is 23.0. The molecule has 0 saturated heterocycles. The smallest absolute Gasteiger partial charge is 0.526 e. The highest BCUT2D eigenvalue weighted by Gasteiger charge is 2.39. The molecule has 0 fully saturated rings. The molecule has 3 aromatic carbocycles. The molecule has 2 aliphatic heterocycles. The molecule has 0 spiro atoms. The number of carbonyl (C=O) groups is 4. The molecule has 4 N–H and O–H groups in total. The van der Waals surface area contributed by atoms with Gasteiger partial charge in [-0.1, -0.05) is 60.7 Å². The summed E-state index contributed by atoms with van der Waals surface area (Å²) in [6.07, 6.45) is 1.46. The fourth-order valence-corrected chi connectivity index (χ4v) is 6.57. The molecule has 0 aliphatic carbocycles. The van der Waals surface area contributed by atoms with Gasteiger partial charge in [0, 0.05) is 35.8 Å². The summed E-state index contributed by atoms with van der Waals surface area (Å²) >= 11 is 1.53. The van der Waals surface area contributed by atoms with Gasteiger partial charge in [0.25, 0.3) is 0 Å². The molecule has 4 aromatic rings. The molecule has 0 radical (unpaired) electrons. The van der Waals surface area contributed by atoms with Gasteiger partial charge in [0.1, 0.15) is 23.9 Å². The van der Waals surface area contributed by atoms with E-state index in [2.05, 4.69) is 0 Å². The highest BCUT2D eigenvalue weighted by molar-refractivity contribution is 7.10. The molecule has 0 unspecified atom stereocenters. The van der Waals surface area contributed by atoms with Gasteiger partial charge in [0.05, 0.1) is 17.7 Å². The first-order valence-corrected chi connectivity index (χ1v) is 16.5. The lowest BCUT2D eigenvalue weighted by Gasteiger charge is -2.27. The van der Waals surface area contributed by atoms with Crippen LogP contribution in [-0.4, -0.2) is 64.6 Å². The number of benzene rings is 3. The van der Waals surface area contributed by atoms with Gasteiger partial charge in [-0.25, -0.2) is 9.59 Å². The van der Waals surface area contributed by atoms with Gasteiger partial charge < -0.3 is 34.3 Å². The zero-order valence-electron chi connectivity index (χ0n) is 26.4. The van der Waals surface area contributed by atoms with Gasteiger partial charge in [0.2, 0.25) is 0 Å². The van der Waals surface area contributed by atoms with Crippen molar-refractivity contribution in [1.29, 1.82) is 0 Å². The van der Waals surface area contributed by atoms with E-state index in [4.69, 9.17) is 19.2 Å². The van der Waals surface area contributed by atoms with Crippen LogP contribution in [0.1, 0.15) is 55.1 Å². The minimum atomic E-state index is -1.22. The van der Waals surface area contributed by atoms with Crippen LogP contribution in [0.15, 0.2) is 84.2 Å². The predicted octanol–water partition coefficient (Wildman–Crippen LogP) is 4.78. The molecule has 11 nitrogen and oxygen atoms in total. The van der Waals surface area contributed by atoms with Crippen molar-refractivity contribution in [2.75, 3.05) is 6.61 Å². The maximum atomic E-state index is 12.2. The first kappa shape index (κ1) is 35.6. The number of carboxylic acid groups (broad SMARTS) is 2. The zero-order valence-corrected chi connectivity index (χ0v) is 27.2. The number of Topliss-reactive ketones (excluding diaryl/α,β-unsaturated/α-hetero) is 2. The zero-order chi connectivity index (χ0) is 34.9. The van der Waals surface area contributed by atoms with E-state index in [1.165, 1.54) is 23.5 Å². The molecule has 49 heavy (non-hydrogen) atoms. The number of ketones is 2. The van der Waals surface area contributed by atoms with Crippen LogP contribution in [0.5, 0.6) is 11.5 Å². The lowest BCUT2D eigenvalue weighted by atomic mass is 9.64. The van der Waals surface area contributed by atoms with Crippen LogP contribution in [0.25, 0.3) is 0 Å². The van der Waals surface area contributed by atoms with E-state index in [1.807, 2.05) is 47.8 Å². The first-order chi connectivity index (χ1) is 23.6. The molecule has 0 saturated carbocycles. The van der Waals surface area contributed by atoms with Crippen LogP contribution in [0, 0.1) is 0 Å². The monoisotopic (exact) mass is 684 g/mol. The summed E-state index contributed by atoms with van der Waals surface area (Å²) in [7, 11) is -2.39. The Morgan fingerprint density at radius 2 is 1.27 bits per heavy atom. The second kappa shape index (κ2) is 16.6. The van der Waals surface area contributed by atoms with Gasteiger partial charge in [-0.05, 0) is 53.1 Å². The standard InChI is InChI=1S/C19H19BO6.C16H15BO5S/c21-16(12-25-11-13-5-2-1-3-6-13)10-15-9-14-7-4-8-17(19(22)23)18(14)26-20(15)24;18-12(9-13-4-2-6-23-13)8-11-7-10-3-1-5-14(16(19)20)15(10)22-17(11)21/h1-8,15,24H,9-12H2,(H,22,23);1-6,11,21H,7-9H2,(H,19,20)/t15-;11-/m11/s1. The Kier molecular flexibility index (Phi) is 12.0. The number of fused-ring (bicyclic) bond motifs is 2. The Labute approximate surface area is 287 Å². The summed E-state index contributed by atoms with van der Waals surface area (Å²) < 4.78 is 16.2. The minimum absolute atomic E-state index is 0.0116. The summed E-state index contributed by atoms with van der Waals surface area (Å²) in [5.41, 5.74) is 2.42. The van der Waals surface area contributed by atoms with Crippen molar-refractivity contribution in [3.05, 3.63) is 117 Å². The third kappa shape index (κ3) is 9.45. The van der Waals surface area contributed by atoms with Crippen LogP contribution in [0.4, 0.5) is 0 Å². The summed E-state index contributed by atoms with van der Waals surface area (Å²) in [6.45, 7) is 0.307. The van der Waals surface area contributed by atoms with Crippen molar-refractivity contribution in [1.82, 2.24) is 0 Å². The second-order valence-electron chi connectivity index (χ2n) is 11.9. The quantitative estimate of drug-likeness (QED) is 0.151. The predicted molar refractivity (Wildman–Crippen MR) is 182 cm³/mol. The fourth-order valence-electron chi connectivity index (χ4n) is 5.83. The molecule has 2 aliphatic rings. The number of carbonyl (C=O) groups excluding carboxylic acids is 2. The highest BCUT2D eigenvalue weighted by atomic mass is 32.1. The Balaban J connectivity index is 0.000000192. The average molecular weight is 684 g/mol. The van der Waals surface area contributed by atoms with Crippen molar-refractivity contribution in [2.24, 2.45) is 0 Å². The molecule has 2 atom stereocenters. The van der Waals surface area contributed by atoms with Gasteiger partial charge in [0.15, 0.2) is 5.78 Å². The number of hydrogen-bond donors (Lipinski definition) is 4. The fraction of sp³-hybridized carbons (Fsp3) is 0.257. The summed E-state index contributed by atoms with van der Waals surface area (Å²) in [5, 5.41) is 40.6. The number of hydrogen-bond acceptors (Lipinski definition) is 10. The number of ether oxygens (including phenoxy) is 1. The van der Waals surface area contributed by atoms with Crippen molar-refractivity contribution in [2.45, 2.75) is 50.3 Å². The van der Waals surface area contributed by atoms with E-state index < -0.39 is 32.0 Å². The van der Waals surface area contributed by atoms with Gasteiger partial charge in [-0.15, -0.1) is 11.3 Å². The van der Waals surface area contributed by atoms with Crippen LogP contribution in [0.3, 0.4) is 0 Å². The SMILES string of the molecule is O=C(COCc1ccccc1)C[C@H]1Cc2cccc(C(=O)O)c2OB1O.O=C(Cc1cccs1)C[C@H]1Cc2cccc(C(=O)O)c2OB1O. The molecule has 252 valence electrons. The molecule has 3 heterocycles. The lowest BCUT2D eigenvalue weighted by molar-refractivity contribution is -0.124. The van der Waals surface area contributed by atoms with E-state index in [0.29, 0.717) is 37.0 Å². The van der Waals surface area contributed by atoms with E-state index in [9.17, 15) is 34.3 Å². The Morgan fingerprint density at radius 1 is 0.714 bits per heavy atom. The molecule has 0 amide bonds. The first-order valence-electron chi connectivity index (χ1n) is 15.7. The van der Waals surface area contributed by atoms with Gasteiger partial charge in [-0.3, -0.25) is 9.59 Å². The van der Waals surface area contributed by atoms with Crippen molar-refractivity contribution < 1.29 is 53.5 Å². The van der Waals surface area contributed by atoms with Crippen molar-refractivity contribution in [3.8, 4) is 11.5 Å². The van der Waals surface area contributed by atoms with E-state index in [-0.39, 0.29) is 59.5 Å². The van der Waals surface area contributed by atoms with Crippen molar-refractivity contribution >= 4 is 49.1 Å². The van der Waals surface area contributed by atoms with Crippen molar-refractivity contribution in [3.63, 3.8) is 0 Å². The lowest BCUT2D eigenvalue weighted by Crippen LogP contribution is -2.36. The number of rotatable bonds is 12. The largest absolute Gasteiger partial charge is 0.535 e. The minimum Gasteiger partial charge on any atom is -0.535 e. The third-order valence-corrected chi connectivity index (χ3v) is 9.08. The van der Waals surface area contributed by atoms with Crippen LogP contribution >= 0.6 is 11.3 Å². The molecular formula is C35H34B2O11S. The Morgan fingerprint density at radius 3 is 1.78 bits per heavy atom. The Bertz CT molecular complexity index is 1780. The third-order valence-electron chi connectivity index (χ3n) is 8.21. The maximum Gasteiger partial charge on any atom is 0.526 e. The average Bonchev–Trinajstić information content (AvgIpc) is 3.58. The van der Waals surface area contributed by atoms with E-state index >= 15 is 0 Å². The van der Waals surface area contributed by atoms with E-state index in [0.717, 1.165) is 10.4 Å². The molecule has 6 rings (SSSR count). The molecule has 14 heteroatoms. The topological polar surface area (TPSA) is 177 Å². The van der Waals surface area contributed by atoms with Gasteiger partial charge >= 0.3 is 26.2 Å². The van der Waals surface area contributed by atoms with Crippen LogP contribution in [-0.2, 0) is 40.2 Å². The summed E-state index contributed by atoms with van der Waals surface area (Å²) in [5.74, 6) is -2.71. The highest BCUT2D eigenvalue weighted by Crippen LogP contribution is 2.37. The normalized spacial score (nSPS) is 16.2. The van der Waals surface area contributed by atoms with Gasteiger partial charge in [-0.2, -0.15) is 0 Å². The Hall–Kier alpha value is -4.75. The number of carboxylic acids is 2. The number of thiophene rings is 1. The van der Waals surface area contributed by atoms with E-state index in [1.54, 1.807) is 24.3 Å². The maximum absolute atomic E-state index is 12.2. The second-order valence-corrected chi connectivity index (χ2v) is 12.9.